The van der Waals surface area contributed by atoms with Gasteiger partial charge in [0, 0.05) is 37.9 Å². The number of nitrogens with zero attached hydrogens (tertiary/aromatic N) is 3. The van der Waals surface area contributed by atoms with E-state index in [-0.39, 0.29) is 0 Å². The van der Waals surface area contributed by atoms with Gasteiger partial charge in [-0.05, 0) is 43.0 Å². The van der Waals surface area contributed by atoms with E-state index in [2.05, 4.69) is 56.8 Å². The zero-order valence-electron chi connectivity index (χ0n) is 15.3. The average molecular weight is 348 g/mol. The Kier molecular flexibility index (Phi) is 4.71. The van der Waals surface area contributed by atoms with Gasteiger partial charge in [0.25, 0.3) is 0 Å². The summed E-state index contributed by atoms with van der Waals surface area (Å²) in [7, 11) is 0. The molecule has 0 unspecified atom stereocenters. The van der Waals surface area contributed by atoms with Crippen LogP contribution in [0.1, 0.15) is 33.7 Å². The molecule has 1 aliphatic rings. The molecule has 0 aliphatic carbocycles. The van der Waals surface area contributed by atoms with Gasteiger partial charge in [-0.25, -0.2) is 4.98 Å². The summed E-state index contributed by atoms with van der Waals surface area (Å²) in [6, 6.07) is 13.0. The van der Waals surface area contributed by atoms with Crippen LogP contribution in [0.3, 0.4) is 0 Å². The molecule has 0 radical (unpaired) electrons. The second kappa shape index (κ2) is 7.30. The third-order valence-electron chi connectivity index (χ3n) is 5.08. The maximum absolute atomic E-state index is 5.20. The molecule has 134 valence electrons. The van der Waals surface area contributed by atoms with Crippen LogP contribution in [0.25, 0.3) is 0 Å². The zero-order valence-corrected chi connectivity index (χ0v) is 15.3. The molecule has 0 fully saturated rings. The fraction of sp³-hybridized carbons (Fsp3) is 0.333. The second-order valence-corrected chi connectivity index (χ2v) is 6.87. The van der Waals surface area contributed by atoms with Gasteiger partial charge in [0.2, 0.25) is 0 Å². The summed E-state index contributed by atoms with van der Waals surface area (Å²) in [6.07, 6.45) is 3.05. The minimum absolute atomic E-state index is 0.756. The molecule has 3 aromatic rings. The van der Waals surface area contributed by atoms with E-state index < -0.39 is 0 Å². The Morgan fingerprint density at radius 2 is 1.92 bits per heavy atom. The lowest BCUT2D eigenvalue weighted by Gasteiger charge is -2.29. The molecule has 0 saturated heterocycles. The first-order valence-electron chi connectivity index (χ1n) is 9.10. The van der Waals surface area contributed by atoms with Crippen LogP contribution >= 0.6 is 0 Å². The van der Waals surface area contributed by atoms with Crippen LogP contribution in [0.4, 0.5) is 5.82 Å². The van der Waals surface area contributed by atoms with Crippen molar-refractivity contribution in [1.29, 1.82) is 0 Å². The minimum atomic E-state index is 0.756. The van der Waals surface area contributed by atoms with Gasteiger partial charge in [0.1, 0.15) is 11.6 Å². The van der Waals surface area contributed by atoms with Gasteiger partial charge in [-0.1, -0.05) is 35.5 Å². The summed E-state index contributed by atoms with van der Waals surface area (Å²) in [6.45, 7) is 7.41. The number of nitrogens with one attached hydrogen (secondary N) is 1. The number of fused-ring (bicyclic) bond motifs is 1. The molecule has 26 heavy (non-hydrogen) atoms. The van der Waals surface area contributed by atoms with Gasteiger partial charge in [0.05, 0.1) is 5.69 Å². The standard InChI is InChI=1S/C21H24N4O/c1-15-20(16(2)26-24-15)13-22-11-17-7-8-21(23-12-17)25-10-9-18-5-3-4-6-19(18)14-25/h3-8,12,22H,9-11,13-14H2,1-2H3. The summed E-state index contributed by atoms with van der Waals surface area (Å²) in [5.74, 6) is 1.93. The van der Waals surface area contributed by atoms with Crippen molar-refractivity contribution in [3.05, 3.63) is 76.3 Å². The molecule has 5 nitrogen and oxygen atoms in total. The quantitative estimate of drug-likeness (QED) is 0.764. The summed E-state index contributed by atoms with van der Waals surface area (Å²) >= 11 is 0. The number of rotatable bonds is 5. The Labute approximate surface area is 154 Å². The van der Waals surface area contributed by atoms with Crippen LogP contribution in [-0.2, 0) is 26.1 Å². The van der Waals surface area contributed by atoms with Gasteiger partial charge in [0.15, 0.2) is 0 Å². The van der Waals surface area contributed by atoms with E-state index >= 15 is 0 Å². The first-order chi connectivity index (χ1) is 12.7. The van der Waals surface area contributed by atoms with Crippen LogP contribution < -0.4 is 10.2 Å². The monoisotopic (exact) mass is 348 g/mol. The first kappa shape index (κ1) is 16.8. The average Bonchev–Trinajstić information content (AvgIpc) is 3.00. The molecule has 0 bridgehead atoms. The number of aromatic nitrogens is 2. The number of benzene rings is 1. The summed E-state index contributed by atoms with van der Waals surface area (Å²) in [4.78, 5) is 7.03. The van der Waals surface area contributed by atoms with Gasteiger partial charge in [-0.15, -0.1) is 0 Å². The summed E-state index contributed by atoms with van der Waals surface area (Å²) < 4.78 is 5.20. The highest BCUT2D eigenvalue weighted by Gasteiger charge is 2.16. The molecule has 0 spiro atoms. The summed E-state index contributed by atoms with van der Waals surface area (Å²) in [5.41, 5.74) is 6.14. The van der Waals surface area contributed by atoms with Crippen molar-refractivity contribution in [3.63, 3.8) is 0 Å². The van der Waals surface area contributed by atoms with Crippen molar-refractivity contribution >= 4 is 5.82 Å². The predicted molar refractivity (Wildman–Crippen MR) is 102 cm³/mol. The van der Waals surface area contributed by atoms with Crippen LogP contribution in [0, 0.1) is 13.8 Å². The molecular formula is C21H24N4O. The molecule has 1 aromatic carbocycles. The number of aryl methyl sites for hydroxylation is 2. The van der Waals surface area contributed by atoms with Gasteiger partial charge < -0.3 is 14.7 Å². The van der Waals surface area contributed by atoms with Crippen LogP contribution in [0.2, 0.25) is 0 Å². The highest BCUT2D eigenvalue weighted by molar-refractivity contribution is 5.44. The third-order valence-corrected chi connectivity index (χ3v) is 5.08. The molecule has 0 amide bonds. The van der Waals surface area contributed by atoms with Crippen LogP contribution in [0.15, 0.2) is 47.1 Å². The summed E-state index contributed by atoms with van der Waals surface area (Å²) in [5, 5.41) is 7.43. The number of hydrogen-bond donors (Lipinski definition) is 1. The molecule has 0 saturated carbocycles. The SMILES string of the molecule is Cc1noc(C)c1CNCc1ccc(N2CCc3ccccc3C2)nc1. The predicted octanol–water partition coefficient (Wildman–Crippen LogP) is 3.54. The number of anilines is 1. The highest BCUT2D eigenvalue weighted by atomic mass is 16.5. The van der Waals surface area contributed by atoms with Crippen molar-refractivity contribution in [1.82, 2.24) is 15.5 Å². The molecule has 0 atom stereocenters. The van der Waals surface area contributed by atoms with E-state index in [1.54, 1.807) is 0 Å². The smallest absolute Gasteiger partial charge is 0.138 e. The van der Waals surface area contributed by atoms with E-state index in [1.807, 2.05) is 20.0 Å². The van der Waals surface area contributed by atoms with Gasteiger partial charge in [-0.2, -0.15) is 0 Å². The van der Waals surface area contributed by atoms with Crippen molar-refractivity contribution in [2.45, 2.75) is 39.9 Å². The molecule has 3 heterocycles. The van der Waals surface area contributed by atoms with E-state index in [9.17, 15) is 0 Å². The zero-order chi connectivity index (χ0) is 17.9. The minimum Gasteiger partial charge on any atom is -0.361 e. The Hall–Kier alpha value is -2.66. The van der Waals surface area contributed by atoms with Crippen LogP contribution in [0.5, 0.6) is 0 Å². The second-order valence-electron chi connectivity index (χ2n) is 6.87. The lowest BCUT2D eigenvalue weighted by molar-refractivity contribution is 0.392. The molecular weight excluding hydrogens is 324 g/mol. The highest BCUT2D eigenvalue weighted by Crippen LogP contribution is 2.23. The lowest BCUT2D eigenvalue weighted by atomic mass is 10.00. The molecule has 5 heteroatoms. The van der Waals surface area contributed by atoms with E-state index in [0.29, 0.717) is 0 Å². The van der Waals surface area contributed by atoms with Crippen molar-refractivity contribution in [3.8, 4) is 0 Å². The van der Waals surface area contributed by atoms with Crippen molar-refractivity contribution in [2.75, 3.05) is 11.4 Å². The lowest BCUT2D eigenvalue weighted by Crippen LogP contribution is -2.30. The fourth-order valence-electron chi connectivity index (χ4n) is 3.49. The third kappa shape index (κ3) is 3.48. The Bertz CT molecular complexity index is 866. The van der Waals surface area contributed by atoms with E-state index in [0.717, 1.165) is 55.4 Å². The Balaban J connectivity index is 1.35. The van der Waals surface area contributed by atoms with E-state index in [1.165, 1.54) is 16.7 Å². The van der Waals surface area contributed by atoms with Crippen molar-refractivity contribution in [2.24, 2.45) is 0 Å². The van der Waals surface area contributed by atoms with Gasteiger partial charge in [-0.3, -0.25) is 0 Å². The van der Waals surface area contributed by atoms with Crippen LogP contribution in [-0.4, -0.2) is 16.7 Å². The van der Waals surface area contributed by atoms with Crippen molar-refractivity contribution < 1.29 is 4.52 Å². The normalized spacial score (nSPS) is 13.7. The largest absolute Gasteiger partial charge is 0.361 e. The number of hydrogen-bond acceptors (Lipinski definition) is 5. The van der Waals surface area contributed by atoms with E-state index in [4.69, 9.17) is 4.52 Å². The topological polar surface area (TPSA) is 54.2 Å². The maximum Gasteiger partial charge on any atom is 0.138 e. The molecule has 4 rings (SSSR count). The Morgan fingerprint density at radius 1 is 1.08 bits per heavy atom. The maximum atomic E-state index is 5.20. The number of pyridine rings is 1. The molecule has 1 N–H and O–H groups in total. The fourth-order valence-corrected chi connectivity index (χ4v) is 3.49. The first-order valence-corrected chi connectivity index (χ1v) is 9.10. The molecule has 2 aromatic heterocycles. The Morgan fingerprint density at radius 3 is 2.65 bits per heavy atom. The van der Waals surface area contributed by atoms with Gasteiger partial charge >= 0.3 is 0 Å². The molecule has 1 aliphatic heterocycles.